The monoisotopic (exact) mass is 672 g/mol. The molecular weight excluding hydrogens is 612 g/mol. The normalized spacial score (nSPS) is 39.0. The van der Waals surface area contributed by atoms with Gasteiger partial charge in [-0.3, -0.25) is 9.59 Å². The number of carboxylic acid groups (broad SMARTS) is 2. The van der Waals surface area contributed by atoms with Gasteiger partial charge in [-0.1, -0.05) is 65.0 Å². The number of amides is 1. The third kappa shape index (κ3) is 5.52. The summed E-state index contributed by atoms with van der Waals surface area (Å²) in [6.45, 7) is 20.8. The molecule has 5 aliphatic carbocycles. The van der Waals surface area contributed by atoms with E-state index in [2.05, 4.69) is 64.8 Å². The van der Waals surface area contributed by atoms with Crippen molar-refractivity contribution in [1.29, 1.82) is 0 Å². The second-order valence-corrected chi connectivity index (χ2v) is 17.9. The lowest BCUT2D eigenvalue weighted by atomic mass is 9.32. The summed E-state index contributed by atoms with van der Waals surface area (Å²) in [6.07, 6.45) is 12.3. The Morgan fingerprint density at radius 2 is 1.55 bits per heavy atom. The van der Waals surface area contributed by atoms with Crippen LogP contribution in [-0.4, -0.2) is 47.7 Å². The number of aromatic carboxylic acids is 1. The van der Waals surface area contributed by atoms with E-state index in [1.54, 1.807) is 12.1 Å². The molecule has 0 heterocycles. The van der Waals surface area contributed by atoms with Crippen molar-refractivity contribution in [3.63, 3.8) is 0 Å². The van der Waals surface area contributed by atoms with Crippen molar-refractivity contribution in [2.24, 2.45) is 56.7 Å². The van der Waals surface area contributed by atoms with E-state index in [1.807, 2.05) is 12.1 Å². The van der Waals surface area contributed by atoms with E-state index in [0.29, 0.717) is 54.8 Å². The Morgan fingerprint density at radius 1 is 0.837 bits per heavy atom. The van der Waals surface area contributed by atoms with Crippen LogP contribution in [0.4, 0.5) is 0 Å². The van der Waals surface area contributed by atoms with Gasteiger partial charge in [0.05, 0.1) is 17.4 Å². The highest BCUT2D eigenvalue weighted by molar-refractivity contribution is 5.88. The number of allylic oxidation sites excluding steroid dienone is 3. The summed E-state index contributed by atoms with van der Waals surface area (Å²) < 4.78 is 0. The van der Waals surface area contributed by atoms with Crippen molar-refractivity contribution in [2.45, 2.75) is 106 Å². The summed E-state index contributed by atoms with van der Waals surface area (Å²) in [5, 5.41) is 24.9. The molecule has 1 amide bonds. The molecular formula is C42H60N2O5. The summed E-state index contributed by atoms with van der Waals surface area (Å²) >= 11 is 0. The molecule has 5 aliphatic rings. The van der Waals surface area contributed by atoms with Crippen LogP contribution in [0.1, 0.15) is 122 Å². The van der Waals surface area contributed by atoms with Gasteiger partial charge >= 0.3 is 11.9 Å². The first-order chi connectivity index (χ1) is 23.0. The summed E-state index contributed by atoms with van der Waals surface area (Å²) in [6, 6.07) is 7.48. The predicted molar refractivity (Wildman–Crippen MR) is 194 cm³/mol. The van der Waals surface area contributed by atoms with Gasteiger partial charge in [0, 0.05) is 19.6 Å². The molecule has 7 nitrogen and oxygen atoms in total. The lowest BCUT2D eigenvalue weighted by molar-refractivity contribution is -0.225. The van der Waals surface area contributed by atoms with Gasteiger partial charge in [-0.15, -0.1) is 0 Å². The van der Waals surface area contributed by atoms with Gasteiger partial charge in [0.2, 0.25) is 5.91 Å². The number of aliphatic carboxylic acids is 1. The first kappa shape index (κ1) is 35.9. The molecule has 0 saturated heterocycles. The molecule has 7 heteroatoms. The van der Waals surface area contributed by atoms with Crippen molar-refractivity contribution in [3.05, 3.63) is 53.6 Å². The van der Waals surface area contributed by atoms with E-state index >= 15 is 0 Å². The molecule has 0 radical (unpaired) electrons. The van der Waals surface area contributed by atoms with Crippen molar-refractivity contribution in [3.8, 4) is 0 Å². The first-order valence-corrected chi connectivity index (χ1v) is 18.9. The molecule has 9 atom stereocenters. The van der Waals surface area contributed by atoms with Gasteiger partial charge < -0.3 is 20.8 Å². The molecule has 1 aromatic rings. The Bertz CT molecular complexity index is 1530. The molecule has 0 bridgehead atoms. The predicted octanol–water partition coefficient (Wildman–Crippen LogP) is 8.22. The third-order valence-corrected chi connectivity index (χ3v) is 15.6. The maximum Gasteiger partial charge on any atom is 0.335 e. The summed E-state index contributed by atoms with van der Waals surface area (Å²) in [4.78, 5) is 36.7. The fourth-order valence-corrected chi connectivity index (χ4v) is 13.2. The van der Waals surface area contributed by atoms with E-state index in [1.165, 1.54) is 30.4 Å². The summed E-state index contributed by atoms with van der Waals surface area (Å²) in [5.41, 5.74) is 4.14. The van der Waals surface area contributed by atoms with Gasteiger partial charge in [0.1, 0.15) is 0 Å². The number of nitrogens with one attached hydrogen (secondary N) is 2. The third-order valence-electron chi connectivity index (χ3n) is 15.6. The molecule has 4 saturated carbocycles. The molecule has 1 aromatic carbocycles. The molecule has 0 aromatic heterocycles. The maximum absolute atomic E-state index is 14.3. The average Bonchev–Trinajstić information content (AvgIpc) is 3.44. The average molecular weight is 673 g/mol. The van der Waals surface area contributed by atoms with E-state index < -0.39 is 11.9 Å². The number of carboxylic acids is 2. The maximum atomic E-state index is 14.3. The number of carbonyl (C=O) groups is 3. The zero-order valence-electron chi connectivity index (χ0n) is 30.8. The van der Waals surface area contributed by atoms with Crippen molar-refractivity contribution in [2.75, 3.05) is 19.6 Å². The smallest absolute Gasteiger partial charge is 0.335 e. The minimum atomic E-state index is -0.887. The Balaban J connectivity index is 1.27. The highest BCUT2D eigenvalue weighted by Crippen LogP contribution is 2.77. The van der Waals surface area contributed by atoms with Gasteiger partial charge in [-0.05, 0) is 139 Å². The number of benzene rings is 1. The highest BCUT2D eigenvalue weighted by Gasteiger charge is 2.71. The molecule has 0 spiro atoms. The second-order valence-electron chi connectivity index (χ2n) is 17.9. The molecule has 4 fully saturated rings. The lowest BCUT2D eigenvalue weighted by Crippen LogP contribution is -2.66. The van der Waals surface area contributed by atoms with Crippen LogP contribution in [0, 0.1) is 56.7 Å². The molecule has 4 N–H and O–H groups in total. The van der Waals surface area contributed by atoms with E-state index in [0.717, 1.165) is 44.1 Å². The van der Waals surface area contributed by atoms with E-state index in [4.69, 9.17) is 5.11 Å². The van der Waals surface area contributed by atoms with Crippen LogP contribution in [0.25, 0.3) is 5.57 Å². The molecule has 268 valence electrons. The van der Waals surface area contributed by atoms with Crippen LogP contribution >= 0.6 is 0 Å². The molecule has 1 unspecified atom stereocenters. The van der Waals surface area contributed by atoms with Crippen LogP contribution in [0.5, 0.6) is 0 Å². The van der Waals surface area contributed by atoms with Crippen molar-refractivity contribution >= 4 is 23.4 Å². The quantitative estimate of drug-likeness (QED) is 0.147. The summed E-state index contributed by atoms with van der Waals surface area (Å²) in [5.74, 6) is 0.763. The SMILES string of the molecule is C=C(C)[C@@H]1CC[C@]2(C(=O)NCCNCCC(=O)O)CC[C@]3(C)[C@H](CC[C@@H]4[C@@]5(C)CC=C(c6ccc(C(=O)O)cc6)C(C)(C)C5CC[C@]43C)[C@@H]12. The zero-order valence-corrected chi connectivity index (χ0v) is 30.8. The molecule has 0 aliphatic heterocycles. The van der Waals surface area contributed by atoms with E-state index in [-0.39, 0.29) is 39.4 Å². The summed E-state index contributed by atoms with van der Waals surface area (Å²) in [7, 11) is 0. The molecule has 49 heavy (non-hydrogen) atoms. The Kier molecular flexibility index (Phi) is 9.29. The van der Waals surface area contributed by atoms with Gasteiger partial charge in [-0.25, -0.2) is 4.79 Å². The van der Waals surface area contributed by atoms with Crippen LogP contribution in [0.2, 0.25) is 0 Å². The van der Waals surface area contributed by atoms with Crippen LogP contribution in [-0.2, 0) is 9.59 Å². The largest absolute Gasteiger partial charge is 0.481 e. The van der Waals surface area contributed by atoms with E-state index in [9.17, 15) is 19.5 Å². The first-order valence-electron chi connectivity index (χ1n) is 18.9. The molecule has 6 rings (SSSR count). The topological polar surface area (TPSA) is 116 Å². The van der Waals surface area contributed by atoms with Gasteiger partial charge in [0.15, 0.2) is 0 Å². The standard InChI is InChI=1S/C42H60N2O5/c1-26(2)29-14-20-42(37(49)44-25-24-43-23-17-34(45)46)22-21-40(6)31(35(29)42)12-13-33-39(5)18-15-30(27-8-10-28(11-9-27)36(47)48)38(3,4)32(39)16-19-41(33,40)7/h8-11,15,29,31-33,35,43H,1,12-14,16-25H2,2-7H3,(H,44,49)(H,45,46)(H,47,48)/t29-,31+,32?,33+,35+,39-,40+,41+,42-/m0/s1. The fourth-order valence-electron chi connectivity index (χ4n) is 13.2. The zero-order chi connectivity index (χ0) is 35.6. The number of fused-ring (bicyclic) bond motifs is 7. The second kappa shape index (κ2) is 12.7. The fraction of sp³-hybridized carbons (Fsp3) is 0.690. The number of hydrogen-bond acceptors (Lipinski definition) is 4. The van der Waals surface area contributed by atoms with Crippen LogP contribution in [0.3, 0.4) is 0 Å². The minimum absolute atomic E-state index is 0.0321. The minimum Gasteiger partial charge on any atom is -0.481 e. The Morgan fingerprint density at radius 3 is 2.20 bits per heavy atom. The number of hydrogen-bond donors (Lipinski definition) is 4. The lowest BCUT2D eigenvalue weighted by Gasteiger charge is -2.72. The number of rotatable bonds is 10. The Hall–Kier alpha value is -2.93. The van der Waals surface area contributed by atoms with Gasteiger partial charge in [0.25, 0.3) is 0 Å². The number of carbonyl (C=O) groups excluding carboxylic acids is 1. The highest BCUT2D eigenvalue weighted by atomic mass is 16.4. The van der Waals surface area contributed by atoms with Crippen molar-refractivity contribution < 1.29 is 24.6 Å². The Labute approximate surface area is 293 Å². The van der Waals surface area contributed by atoms with Gasteiger partial charge in [-0.2, -0.15) is 0 Å². The van der Waals surface area contributed by atoms with Crippen LogP contribution in [0.15, 0.2) is 42.5 Å². The van der Waals surface area contributed by atoms with Crippen molar-refractivity contribution in [1.82, 2.24) is 10.6 Å². The van der Waals surface area contributed by atoms with Crippen LogP contribution < -0.4 is 10.6 Å².